The van der Waals surface area contributed by atoms with E-state index in [1.54, 1.807) is 19.1 Å². The molecular weight excluding hydrogens is 280 g/mol. The Morgan fingerprint density at radius 3 is 2.50 bits per heavy atom. The Morgan fingerprint density at radius 1 is 1.44 bits per heavy atom. The molecule has 1 radical (unpaired) electrons. The fourth-order valence-electron chi connectivity index (χ4n) is 1.38. The van der Waals surface area contributed by atoms with Crippen molar-refractivity contribution < 1.29 is 18.3 Å². The molecule has 1 aromatic carbocycles. The van der Waals surface area contributed by atoms with Gasteiger partial charge in [0, 0.05) is 6.04 Å². The van der Waals surface area contributed by atoms with Gasteiger partial charge in [-0.05, 0) is 24.6 Å². The Balaban J connectivity index is 0.00000289. The molecule has 18 heavy (non-hydrogen) atoms. The summed E-state index contributed by atoms with van der Waals surface area (Å²) in [5.74, 6) is 0.370. The maximum Gasteiger partial charge on any atom is 0.293 e. The predicted octanol–water partition coefficient (Wildman–Crippen LogP) is 0.704. The van der Waals surface area contributed by atoms with Crippen LogP contribution in [0.4, 0.5) is 5.69 Å². The second kappa shape index (κ2) is 7.32. The molecule has 8 heteroatoms. The van der Waals surface area contributed by atoms with E-state index in [4.69, 9.17) is 10.5 Å². The number of rotatable bonds is 5. The van der Waals surface area contributed by atoms with Crippen molar-refractivity contribution in [3.05, 3.63) is 23.8 Å². The molecule has 1 rings (SSSR count). The number of ether oxygens (including phenoxy) is 1. The summed E-state index contributed by atoms with van der Waals surface area (Å²) in [6.07, 6.45) is -0.860. The van der Waals surface area contributed by atoms with Crippen molar-refractivity contribution in [2.75, 3.05) is 11.8 Å². The highest BCUT2D eigenvalue weighted by Gasteiger charge is 2.15. The molecule has 2 unspecified atom stereocenters. The number of nitrogens with one attached hydrogen (secondary N) is 1. The number of anilines is 1. The first-order valence-corrected chi connectivity index (χ1v) is 6.00. The molecule has 0 aliphatic heterocycles. The average molecular weight is 296 g/mol. The smallest absolute Gasteiger partial charge is 0.293 e. The maximum absolute atomic E-state index is 10.6. The van der Waals surface area contributed by atoms with Crippen LogP contribution in [0.25, 0.3) is 0 Å². The van der Waals surface area contributed by atoms with Crippen LogP contribution in [0.1, 0.15) is 18.6 Å². The van der Waals surface area contributed by atoms with Gasteiger partial charge in [0.2, 0.25) is 0 Å². The first-order chi connectivity index (χ1) is 7.95. The molecular formula is C10H16ClN2O4S. The number of aliphatic hydroxyl groups is 1. The van der Waals surface area contributed by atoms with Crippen molar-refractivity contribution >= 4 is 29.0 Å². The minimum absolute atomic E-state index is 0. The number of benzene rings is 1. The lowest BCUT2D eigenvalue weighted by molar-refractivity contribution is 0.153. The fourth-order valence-corrected chi connectivity index (χ4v) is 1.72. The van der Waals surface area contributed by atoms with Crippen LogP contribution in [0.2, 0.25) is 0 Å². The number of aliphatic hydroxyl groups excluding tert-OH is 1. The minimum Gasteiger partial charge on any atom is -0.495 e. The van der Waals surface area contributed by atoms with Gasteiger partial charge in [-0.25, -0.2) is 0 Å². The van der Waals surface area contributed by atoms with Crippen LogP contribution in [-0.4, -0.2) is 26.7 Å². The standard InChI is InChI=1S/C10H15N2O4S.ClH/c1-6(11)10(13)7-3-4-9(16-2)8(5-7)12-17(14)15;/h3-6,10,13H,11H2,1-2H3,(H,12,14,15);1H. The van der Waals surface area contributed by atoms with Gasteiger partial charge in [0.25, 0.3) is 10.9 Å². The highest BCUT2D eigenvalue weighted by atomic mass is 35.5. The number of nitrogens with two attached hydrogens (primary N) is 1. The van der Waals surface area contributed by atoms with E-state index < -0.39 is 23.0 Å². The zero-order valence-electron chi connectivity index (χ0n) is 9.95. The Kier molecular flexibility index (Phi) is 6.85. The van der Waals surface area contributed by atoms with Crippen LogP contribution in [0.15, 0.2) is 18.2 Å². The van der Waals surface area contributed by atoms with Crippen LogP contribution < -0.4 is 15.2 Å². The monoisotopic (exact) mass is 295 g/mol. The lowest BCUT2D eigenvalue weighted by atomic mass is 10.0. The van der Waals surface area contributed by atoms with E-state index in [1.807, 2.05) is 0 Å². The van der Waals surface area contributed by atoms with Crippen LogP contribution in [-0.2, 0) is 10.9 Å². The van der Waals surface area contributed by atoms with Gasteiger partial charge in [-0.15, -0.1) is 12.4 Å². The Labute approximate surface area is 114 Å². The van der Waals surface area contributed by atoms with Crippen LogP contribution in [0, 0.1) is 0 Å². The highest BCUT2D eigenvalue weighted by molar-refractivity contribution is 7.73. The third-order valence-corrected chi connectivity index (χ3v) is 2.64. The summed E-state index contributed by atoms with van der Waals surface area (Å²) in [6, 6.07) is 4.24. The topological polar surface area (TPSA) is 102 Å². The summed E-state index contributed by atoms with van der Waals surface area (Å²) < 4.78 is 28.4. The number of hydrogen-bond donors (Lipinski definition) is 3. The molecule has 0 saturated carbocycles. The maximum atomic E-state index is 10.6. The van der Waals surface area contributed by atoms with Gasteiger partial charge in [-0.3, -0.25) is 4.72 Å². The van der Waals surface area contributed by atoms with Gasteiger partial charge in [-0.1, -0.05) is 6.07 Å². The zero-order chi connectivity index (χ0) is 13.0. The van der Waals surface area contributed by atoms with Gasteiger partial charge in [0.15, 0.2) is 0 Å². The lowest BCUT2D eigenvalue weighted by Gasteiger charge is -2.16. The molecule has 0 bridgehead atoms. The molecule has 0 saturated heterocycles. The molecule has 6 nitrogen and oxygen atoms in total. The largest absolute Gasteiger partial charge is 0.495 e. The van der Waals surface area contributed by atoms with Crippen LogP contribution in [0.5, 0.6) is 5.75 Å². The molecule has 0 aromatic heterocycles. The summed E-state index contributed by atoms with van der Waals surface area (Å²) in [7, 11) is -1.03. The van der Waals surface area contributed by atoms with E-state index in [9.17, 15) is 13.5 Å². The lowest BCUT2D eigenvalue weighted by Crippen LogP contribution is -2.24. The number of halogens is 1. The van der Waals surface area contributed by atoms with Gasteiger partial charge < -0.3 is 15.6 Å². The molecule has 0 aliphatic carbocycles. The van der Waals surface area contributed by atoms with Gasteiger partial charge in [0.05, 0.1) is 18.9 Å². The van der Waals surface area contributed by atoms with Gasteiger partial charge >= 0.3 is 0 Å². The van der Waals surface area contributed by atoms with Gasteiger partial charge in [-0.2, -0.15) is 8.42 Å². The van der Waals surface area contributed by atoms with E-state index in [1.165, 1.54) is 13.2 Å². The Bertz CT molecular complexity index is 457. The summed E-state index contributed by atoms with van der Waals surface area (Å²) in [4.78, 5) is 0. The summed E-state index contributed by atoms with van der Waals surface area (Å²) in [6.45, 7) is 1.66. The summed E-state index contributed by atoms with van der Waals surface area (Å²) in [5, 5.41) is 9.77. The zero-order valence-corrected chi connectivity index (χ0v) is 11.6. The van der Waals surface area contributed by atoms with Crippen LogP contribution >= 0.6 is 12.4 Å². The Hall–Kier alpha value is -1.15. The molecule has 0 heterocycles. The first-order valence-electron chi connectivity index (χ1n) is 4.93. The molecule has 0 spiro atoms. The molecule has 0 aliphatic rings. The molecule has 2 atom stereocenters. The van der Waals surface area contributed by atoms with Crippen molar-refractivity contribution in [2.45, 2.75) is 19.1 Å². The van der Waals surface area contributed by atoms with E-state index in [2.05, 4.69) is 4.72 Å². The average Bonchev–Trinajstić information content (AvgIpc) is 2.27. The van der Waals surface area contributed by atoms with Crippen molar-refractivity contribution in [2.24, 2.45) is 5.73 Å². The van der Waals surface area contributed by atoms with E-state index in [0.717, 1.165) is 0 Å². The van der Waals surface area contributed by atoms with Gasteiger partial charge in [0.1, 0.15) is 5.75 Å². The van der Waals surface area contributed by atoms with E-state index in [-0.39, 0.29) is 18.1 Å². The molecule has 103 valence electrons. The number of hydrogen-bond acceptors (Lipinski definition) is 5. The molecule has 0 amide bonds. The normalized spacial score (nSPS) is 13.1. The second-order valence-corrected chi connectivity index (χ2v) is 4.27. The molecule has 4 N–H and O–H groups in total. The summed E-state index contributed by atoms with van der Waals surface area (Å²) >= 11 is 0. The first kappa shape index (κ1) is 16.9. The predicted molar refractivity (Wildman–Crippen MR) is 71.4 cm³/mol. The van der Waals surface area contributed by atoms with E-state index in [0.29, 0.717) is 11.3 Å². The number of methoxy groups -OCH3 is 1. The molecule has 0 fully saturated rings. The SMILES string of the molecule is COc1ccc(C(O)C(C)N)cc1N[S](=O)=O.Cl. The van der Waals surface area contributed by atoms with Crippen molar-refractivity contribution in [3.63, 3.8) is 0 Å². The third kappa shape index (κ3) is 4.26. The second-order valence-electron chi connectivity index (χ2n) is 3.60. The quantitative estimate of drug-likeness (QED) is 0.742. The summed E-state index contributed by atoms with van der Waals surface area (Å²) in [5.41, 5.74) is 6.35. The highest BCUT2D eigenvalue weighted by Crippen LogP contribution is 2.28. The van der Waals surface area contributed by atoms with Crippen molar-refractivity contribution in [3.8, 4) is 5.75 Å². The van der Waals surface area contributed by atoms with E-state index >= 15 is 0 Å². The Morgan fingerprint density at radius 2 is 2.06 bits per heavy atom. The third-order valence-electron chi connectivity index (χ3n) is 2.26. The van der Waals surface area contributed by atoms with Crippen molar-refractivity contribution in [1.29, 1.82) is 0 Å². The van der Waals surface area contributed by atoms with Crippen molar-refractivity contribution in [1.82, 2.24) is 0 Å². The minimum atomic E-state index is -2.45. The molecule has 1 aromatic rings. The fraction of sp³-hybridized carbons (Fsp3) is 0.400. The van der Waals surface area contributed by atoms with Crippen LogP contribution in [0.3, 0.4) is 0 Å².